The third kappa shape index (κ3) is 9.77. The van der Waals surface area contributed by atoms with Gasteiger partial charge in [-0.05, 0) is 33.7 Å². The maximum Gasteiger partial charge on any atom is 0.408 e. The Bertz CT molecular complexity index is 1990. The highest BCUT2D eigenvalue weighted by molar-refractivity contribution is 7.99. The molecule has 18 heteroatoms. The highest BCUT2D eigenvalue weighted by Crippen LogP contribution is 2.42. The second-order valence-electron chi connectivity index (χ2n) is 13.4. The Labute approximate surface area is 331 Å². The molecule has 3 aromatic carbocycles. The fourth-order valence-electron chi connectivity index (χ4n) is 6.92. The summed E-state index contributed by atoms with van der Waals surface area (Å²) in [6.07, 6.45) is -11.0. The van der Waals surface area contributed by atoms with Gasteiger partial charge in [0.25, 0.3) is 0 Å². The second-order valence-corrected chi connectivity index (χ2v) is 14.6. The molecule has 17 nitrogen and oxygen atoms in total. The van der Waals surface area contributed by atoms with Crippen LogP contribution < -0.4 is 5.32 Å². The zero-order valence-electron chi connectivity index (χ0n) is 31.2. The normalized spacial score (nSPS) is 28.0. The summed E-state index contributed by atoms with van der Waals surface area (Å²) in [6, 6.07) is 27.7. The number of hydrogen-bond acceptors (Lipinski definition) is 16. The topological polar surface area (TPSA) is 198 Å². The number of alkyl carbamates (subject to hydrolysis) is 1. The molecule has 1 aromatic heterocycles. The van der Waals surface area contributed by atoms with Crippen LogP contribution in [0.5, 0.6) is 0 Å². The molecule has 57 heavy (non-hydrogen) atoms. The molecule has 0 bridgehead atoms. The third-order valence-electron chi connectivity index (χ3n) is 9.24. The molecule has 3 saturated heterocycles. The van der Waals surface area contributed by atoms with E-state index in [-0.39, 0.29) is 25.6 Å². The van der Waals surface area contributed by atoms with E-state index in [9.17, 15) is 19.2 Å². The van der Waals surface area contributed by atoms with Crippen LogP contribution in [0.2, 0.25) is 0 Å². The van der Waals surface area contributed by atoms with Gasteiger partial charge in [0.05, 0.1) is 19.8 Å². The molecule has 0 unspecified atom stereocenters. The smallest absolute Gasteiger partial charge is 0.408 e. The van der Waals surface area contributed by atoms with Crippen LogP contribution in [0.15, 0.2) is 95.9 Å². The van der Waals surface area contributed by atoms with E-state index in [1.807, 2.05) is 91.0 Å². The van der Waals surface area contributed by atoms with Crippen molar-refractivity contribution in [3.8, 4) is 0 Å². The number of hydrogen-bond donors (Lipinski definition) is 1. The van der Waals surface area contributed by atoms with Gasteiger partial charge in [0, 0.05) is 25.7 Å². The van der Waals surface area contributed by atoms with Crippen molar-refractivity contribution in [2.45, 2.75) is 99.3 Å². The number of esters is 3. The van der Waals surface area contributed by atoms with Gasteiger partial charge in [0.2, 0.25) is 0 Å². The first-order chi connectivity index (χ1) is 27.6. The Hall–Kier alpha value is -5.40. The monoisotopic (exact) mass is 803 g/mol. The lowest BCUT2D eigenvalue weighted by Crippen LogP contribution is -2.64. The van der Waals surface area contributed by atoms with Gasteiger partial charge in [-0.2, -0.15) is 0 Å². The van der Waals surface area contributed by atoms with Crippen LogP contribution in [0, 0.1) is 0 Å². The lowest BCUT2D eigenvalue weighted by Gasteiger charge is -2.47. The van der Waals surface area contributed by atoms with Gasteiger partial charge >= 0.3 is 24.0 Å². The first kappa shape index (κ1) is 39.8. The van der Waals surface area contributed by atoms with Crippen molar-refractivity contribution >= 4 is 35.8 Å². The molecule has 1 N–H and O–H groups in total. The molecule has 0 aliphatic carbocycles. The Balaban J connectivity index is 1.25. The van der Waals surface area contributed by atoms with Gasteiger partial charge < -0.3 is 43.2 Å². The minimum atomic E-state index is -1.57. The highest BCUT2D eigenvalue weighted by Gasteiger charge is 2.59. The van der Waals surface area contributed by atoms with Crippen LogP contribution in [0.25, 0.3) is 0 Å². The zero-order valence-corrected chi connectivity index (χ0v) is 32.0. The molecule has 3 fully saturated rings. The standard InChI is InChI=1S/C39H41N5O12S/c1-22(45)50-32-33(51-23(2)46)35(52-24(3)47)37(55-34(32)36-41-42-43-44(36)19-25-13-7-4-8-14-25)54-30-28(21-49-20-26-15-9-5-10-16-26)53-38(29-31(30)56-39(48)40-29)57-27-17-11-6-12-18-27/h4-18,28-35,37-38H,19-21H2,1-3H3,(H,40,48)/t28-,29-,30-,31-,32+,33+,34+,35-,37-,38+/m1/s1. The molecule has 10 atom stereocenters. The van der Waals surface area contributed by atoms with Gasteiger partial charge in [-0.15, -0.1) is 5.10 Å². The molecule has 1 amide bonds. The fraction of sp³-hybridized carbons (Fsp3) is 0.410. The number of nitrogens with one attached hydrogen (secondary N) is 1. The van der Waals surface area contributed by atoms with Crippen molar-refractivity contribution in [2.75, 3.05) is 6.61 Å². The van der Waals surface area contributed by atoms with E-state index in [1.165, 1.54) is 23.4 Å². The molecule has 4 heterocycles. The number of benzene rings is 3. The van der Waals surface area contributed by atoms with E-state index in [4.69, 9.17) is 37.9 Å². The molecule has 0 radical (unpaired) electrons. The number of fused-ring (bicyclic) bond motifs is 1. The molecule has 3 aliphatic heterocycles. The van der Waals surface area contributed by atoms with Crippen molar-refractivity contribution < 1.29 is 57.1 Å². The maximum absolute atomic E-state index is 13.0. The lowest BCUT2D eigenvalue weighted by molar-refractivity contribution is -0.335. The molecular weight excluding hydrogens is 763 g/mol. The van der Waals surface area contributed by atoms with Crippen LogP contribution >= 0.6 is 11.8 Å². The number of carbonyl (C=O) groups is 4. The average molecular weight is 804 g/mol. The van der Waals surface area contributed by atoms with Crippen molar-refractivity contribution in [3.05, 3.63) is 108 Å². The number of aromatic nitrogens is 4. The van der Waals surface area contributed by atoms with E-state index >= 15 is 0 Å². The van der Waals surface area contributed by atoms with E-state index < -0.39 is 84.5 Å². The molecule has 3 aliphatic rings. The van der Waals surface area contributed by atoms with E-state index in [1.54, 1.807) is 0 Å². The lowest BCUT2D eigenvalue weighted by atomic mass is 9.95. The Kier molecular flexibility index (Phi) is 12.7. The summed E-state index contributed by atoms with van der Waals surface area (Å²) in [7, 11) is 0. The second kappa shape index (κ2) is 18.2. The minimum absolute atomic E-state index is 0.0284. The third-order valence-corrected chi connectivity index (χ3v) is 10.4. The van der Waals surface area contributed by atoms with Crippen LogP contribution in [-0.2, 0) is 65.4 Å². The zero-order chi connectivity index (χ0) is 39.9. The van der Waals surface area contributed by atoms with Crippen molar-refractivity contribution in [3.63, 3.8) is 0 Å². The first-order valence-electron chi connectivity index (χ1n) is 18.2. The van der Waals surface area contributed by atoms with Crippen molar-refractivity contribution in [1.82, 2.24) is 25.5 Å². The molecule has 0 spiro atoms. The van der Waals surface area contributed by atoms with Gasteiger partial charge in [-0.25, -0.2) is 9.48 Å². The molecule has 300 valence electrons. The summed E-state index contributed by atoms with van der Waals surface area (Å²) in [5, 5.41) is 15.1. The number of tetrazole rings is 1. The van der Waals surface area contributed by atoms with Crippen LogP contribution in [0.4, 0.5) is 4.79 Å². The average Bonchev–Trinajstić information content (AvgIpc) is 3.82. The summed E-state index contributed by atoms with van der Waals surface area (Å²) in [5.41, 5.74) is 1.11. The molecular formula is C39H41N5O12S. The largest absolute Gasteiger partial charge is 0.455 e. The number of carbonyl (C=O) groups excluding carboxylic acids is 4. The summed E-state index contributed by atoms with van der Waals surface area (Å²) in [5.74, 6) is -2.22. The van der Waals surface area contributed by atoms with Gasteiger partial charge in [-0.3, -0.25) is 14.4 Å². The maximum atomic E-state index is 13.0. The summed E-state index contributed by atoms with van der Waals surface area (Å²) in [6.45, 7) is 3.88. The number of rotatable bonds is 14. The summed E-state index contributed by atoms with van der Waals surface area (Å²) < 4.78 is 50.7. The molecule has 7 rings (SSSR count). The fourth-order valence-corrected chi connectivity index (χ4v) is 8.07. The van der Waals surface area contributed by atoms with Gasteiger partial charge in [0.1, 0.15) is 23.7 Å². The SMILES string of the molecule is CC(=O)O[C@@H]1[C@@H](OC(C)=O)[C@H](O[C@H]2[C@@H]3OC(=O)N[C@H]3[C@H](Sc3ccccc3)O[C@@H]2COCc2ccccc2)O[C@H](c2nnnn2Cc2ccccc2)[C@H]1OC(C)=O. The Morgan fingerprint density at radius 3 is 2.05 bits per heavy atom. The van der Waals surface area contributed by atoms with Gasteiger partial charge in [0.15, 0.2) is 42.6 Å². The van der Waals surface area contributed by atoms with Crippen LogP contribution in [0.3, 0.4) is 0 Å². The highest BCUT2D eigenvalue weighted by atomic mass is 32.2. The number of thioether (sulfide) groups is 1. The Morgan fingerprint density at radius 2 is 1.39 bits per heavy atom. The molecule has 4 aromatic rings. The van der Waals surface area contributed by atoms with Crippen LogP contribution in [0.1, 0.15) is 43.8 Å². The van der Waals surface area contributed by atoms with Crippen molar-refractivity contribution in [1.29, 1.82) is 0 Å². The van der Waals surface area contributed by atoms with Crippen LogP contribution in [-0.4, -0.2) is 105 Å². The summed E-state index contributed by atoms with van der Waals surface area (Å²) in [4.78, 5) is 51.9. The summed E-state index contributed by atoms with van der Waals surface area (Å²) >= 11 is 1.39. The predicted octanol–water partition coefficient (Wildman–Crippen LogP) is 3.51. The molecule has 0 saturated carbocycles. The van der Waals surface area contributed by atoms with E-state index in [0.29, 0.717) is 0 Å². The van der Waals surface area contributed by atoms with E-state index in [0.717, 1.165) is 29.9 Å². The van der Waals surface area contributed by atoms with Gasteiger partial charge in [-0.1, -0.05) is 90.6 Å². The number of ether oxygens (including phenoxy) is 8. The number of nitrogens with zero attached hydrogens (tertiary/aromatic N) is 4. The first-order valence-corrected chi connectivity index (χ1v) is 19.1. The quantitative estimate of drug-likeness (QED) is 0.143. The Morgan fingerprint density at radius 1 is 0.772 bits per heavy atom. The van der Waals surface area contributed by atoms with E-state index in [2.05, 4.69) is 20.8 Å². The van der Waals surface area contributed by atoms with Crippen molar-refractivity contribution in [2.24, 2.45) is 0 Å². The predicted molar refractivity (Wildman–Crippen MR) is 197 cm³/mol. The minimum Gasteiger partial charge on any atom is -0.455 e. The number of amides is 1.